The minimum atomic E-state index is -0.978. The van der Waals surface area contributed by atoms with Gasteiger partial charge in [0.15, 0.2) is 0 Å². The first-order valence-corrected chi connectivity index (χ1v) is 11.2. The third kappa shape index (κ3) is 3.26. The number of nitrogens with zero attached hydrogens (tertiary/aromatic N) is 4. The minimum Gasteiger partial charge on any atom is -0.478 e. The first-order chi connectivity index (χ1) is 15.3. The van der Waals surface area contributed by atoms with E-state index in [1.807, 2.05) is 16.7 Å². The topological polar surface area (TPSA) is 131 Å². The van der Waals surface area contributed by atoms with E-state index in [-0.39, 0.29) is 47.6 Å². The second-order valence-corrected chi connectivity index (χ2v) is 9.50. The summed E-state index contributed by atoms with van der Waals surface area (Å²) in [4.78, 5) is 42.7. The van der Waals surface area contributed by atoms with Crippen LogP contribution in [0.3, 0.4) is 0 Å². The highest BCUT2D eigenvalue weighted by atomic mass is 16.4. The second-order valence-electron chi connectivity index (χ2n) is 9.50. The largest absolute Gasteiger partial charge is 0.478 e. The summed E-state index contributed by atoms with van der Waals surface area (Å²) >= 11 is 0. The number of carbonyl (C=O) groups is 3. The van der Waals surface area contributed by atoms with E-state index < -0.39 is 12.0 Å². The maximum Gasteiger partial charge on any atom is 0.335 e. The van der Waals surface area contributed by atoms with Crippen molar-refractivity contribution in [2.45, 2.75) is 62.4 Å². The number of benzene rings is 1. The standard InChI is InChI=1S/C23H27N5O4/c1-12(13-2-4-14(5-3-13)23(31)32)27-17-8-20(22(27)30)26(10-17)11-18(25)21(29)28-16(9-24)6-15-7-19(15)28/h2-5,12,15-20H,6-8,10-11,25H2,1H3,(H,31,32)/t12-,15-,16+,17+,18+,19?,20+/m1/s1. The summed E-state index contributed by atoms with van der Waals surface area (Å²) in [5.41, 5.74) is 7.37. The molecule has 0 aromatic heterocycles. The highest BCUT2D eigenvalue weighted by molar-refractivity contribution is 5.88. The summed E-state index contributed by atoms with van der Waals surface area (Å²) in [6, 6.07) is 7.48. The van der Waals surface area contributed by atoms with Crippen molar-refractivity contribution in [1.82, 2.24) is 14.7 Å². The molecule has 168 valence electrons. The smallest absolute Gasteiger partial charge is 0.335 e. The number of carbonyl (C=O) groups excluding carboxylic acids is 2. The van der Waals surface area contributed by atoms with Crippen LogP contribution in [0.4, 0.5) is 0 Å². The van der Waals surface area contributed by atoms with Crippen LogP contribution in [-0.4, -0.2) is 80.9 Å². The zero-order valence-electron chi connectivity index (χ0n) is 17.9. The van der Waals surface area contributed by atoms with E-state index in [0.29, 0.717) is 25.4 Å². The van der Waals surface area contributed by atoms with E-state index >= 15 is 0 Å². The number of aromatic carboxylic acids is 1. The maximum absolute atomic E-state index is 13.1. The molecule has 4 fully saturated rings. The lowest BCUT2D eigenvalue weighted by molar-refractivity contribution is -0.141. The summed E-state index contributed by atoms with van der Waals surface area (Å²) in [6.45, 7) is 2.92. The molecule has 4 aliphatic rings. The van der Waals surface area contributed by atoms with Crippen molar-refractivity contribution in [2.75, 3.05) is 13.1 Å². The van der Waals surface area contributed by atoms with Gasteiger partial charge in [0.2, 0.25) is 11.8 Å². The van der Waals surface area contributed by atoms with Gasteiger partial charge in [-0.1, -0.05) is 12.1 Å². The van der Waals surface area contributed by atoms with E-state index in [1.165, 1.54) is 0 Å². The van der Waals surface area contributed by atoms with Crippen molar-refractivity contribution in [3.05, 3.63) is 35.4 Å². The number of hydrogen-bond donors (Lipinski definition) is 2. The van der Waals surface area contributed by atoms with Crippen LogP contribution < -0.4 is 5.73 Å². The molecule has 7 atom stereocenters. The number of nitriles is 1. The lowest BCUT2D eigenvalue weighted by atomic mass is 10.0. The first-order valence-electron chi connectivity index (χ1n) is 11.2. The average Bonchev–Trinajstić information content (AvgIpc) is 3.11. The molecule has 2 bridgehead atoms. The number of rotatable bonds is 6. The molecule has 9 heteroatoms. The molecule has 1 saturated carbocycles. The van der Waals surface area contributed by atoms with Crippen LogP contribution in [0.5, 0.6) is 0 Å². The van der Waals surface area contributed by atoms with Crippen LogP contribution in [-0.2, 0) is 9.59 Å². The molecule has 0 spiro atoms. The van der Waals surface area contributed by atoms with Crippen molar-refractivity contribution in [2.24, 2.45) is 11.7 Å². The summed E-state index contributed by atoms with van der Waals surface area (Å²) < 4.78 is 0. The molecule has 2 amide bonds. The molecular weight excluding hydrogens is 410 g/mol. The van der Waals surface area contributed by atoms with Crippen molar-refractivity contribution < 1.29 is 19.5 Å². The Kier molecular flexibility index (Phi) is 4.95. The zero-order valence-corrected chi connectivity index (χ0v) is 17.9. The van der Waals surface area contributed by atoms with Gasteiger partial charge in [-0.05, 0) is 49.8 Å². The molecule has 1 aromatic rings. The summed E-state index contributed by atoms with van der Waals surface area (Å²) in [5.74, 6) is -0.691. The molecule has 3 heterocycles. The number of likely N-dealkylation sites (tertiary alicyclic amines) is 3. The summed E-state index contributed by atoms with van der Waals surface area (Å²) in [5, 5.41) is 18.4. The molecule has 1 aliphatic carbocycles. The van der Waals surface area contributed by atoms with Crippen LogP contribution in [0.15, 0.2) is 24.3 Å². The maximum atomic E-state index is 13.1. The zero-order chi connectivity index (χ0) is 22.7. The summed E-state index contributed by atoms with van der Waals surface area (Å²) in [7, 11) is 0. The average molecular weight is 438 g/mol. The predicted octanol–water partition coefficient (Wildman–Crippen LogP) is 0.571. The number of amides is 2. The number of nitrogens with two attached hydrogens (primary N) is 1. The number of fused-ring (bicyclic) bond motifs is 3. The lowest BCUT2D eigenvalue weighted by Gasteiger charge is -2.38. The van der Waals surface area contributed by atoms with Gasteiger partial charge in [-0.2, -0.15) is 5.26 Å². The normalized spacial score (nSPS) is 32.5. The molecule has 3 saturated heterocycles. The Balaban J connectivity index is 1.22. The molecular formula is C23H27N5O4. The van der Waals surface area contributed by atoms with E-state index in [1.54, 1.807) is 29.2 Å². The van der Waals surface area contributed by atoms with Crippen molar-refractivity contribution in [3.63, 3.8) is 0 Å². The van der Waals surface area contributed by atoms with Gasteiger partial charge >= 0.3 is 5.97 Å². The number of hydrogen-bond acceptors (Lipinski definition) is 6. The molecule has 5 rings (SSSR count). The Morgan fingerprint density at radius 2 is 1.97 bits per heavy atom. The van der Waals surface area contributed by atoms with Crippen LogP contribution >= 0.6 is 0 Å². The van der Waals surface area contributed by atoms with Crippen LogP contribution in [0, 0.1) is 17.2 Å². The number of carboxylic acids is 1. The Morgan fingerprint density at radius 3 is 2.59 bits per heavy atom. The molecule has 1 aromatic carbocycles. The summed E-state index contributed by atoms with van der Waals surface area (Å²) in [6.07, 6.45) is 2.41. The Morgan fingerprint density at radius 1 is 1.25 bits per heavy atom. The van der Waals surface area contributed by atoms with Gasteiger partial charge in [0.05, 0.1) is 29.8 Å². The van der Waals surface area contributed by atoms with Crippen LogP contribution in [0.25, 0.3) is 0 Å². The van der Waals surface area contributed by atoms with E-state index in [4.69, 9.17) is 10.8 Å². The fourth-order valence-corrected chi connectivity index (χ4v) is 5.87. The Hall–Kier alpha value is -2.96. The Labute approximate surface area is 186 Å². The van der Waals surface area contributed by atoms with Gasteiger partial charge < -0.3 is 20.6 Å². The third-order valence-electron chi connectivity index (χ3n) is 7.63. The second kappa shape index (κ2) is 7.57. The number of piperazine rings is 1. The molecule has 32 heavy (non-hydrogen) atoms. The lowest BCUT2D eigenvalue weighted by Crippen LogP contribution is -2.57. The minimum absolute atomic E-state index is 0.0223. The highest BCUT2D eigenvalue weighted by Crippen LogP contribution is 2.48. The van der Waals surface area contributed by atoms with Gasteiger partial charge in [0, 0.05) is 25.2 Å². The van der Waals surface area contributed by atoms with Crippen molar-refractivity contribution in [1.29, 1.82) is 5.26 Å². The predicted molar refractivity (Wildman–Crippen MR) is 113 cm³/mol. The number of piperidine rings is 1. The third-order valence-corrected chi connectivity index (χ3v) is 7.63. The highest BCUT2D eigenvalue weighted by Gasteiger charge is 2.56. The van der Waals surface area contributed by atoms with Gasteiger partial charge in [-0.15, -0.1) is 0 Å². The monoisotopic (exact) mass is 437 g/mol. The fourth-order valence-electron chi connectivity index (χ4n) is 5.87. The van der Waals surface area contributed by atoms with Crippen molar-refractivity contribution >= 4 is 17.8 Å². The molecule has 9 nitrogen and oxygen atoms in total. The number of carboxylic acid groups (broad SMARTS) is 1. The fraction of sp³-hybridized carbons (Fsp3) is 0.565. The van der Waals surface area contributed by atoms with Gasteiger partial charge in [0.25, 0.3) is 0 Å². The molecule has 0 radical (unpaired) electrons. The van der Waals surface area contributed by atoms with Crippen LogP contribution in [0.1, 0.15) is 48.1 Å². The van der Waals surface area contributed by atoms with E-state index in [9.17, 15) is 19.6 Å². The van der Waals surface area contributed by atoms with Crippen molar-refractivity contribution in [3.8, 4) is 6.07 Å². The molecule has 3 N–H and O–H groups in total. The SMILES string of the molecule is C[C@H](c1ccc(C(=O)O)cc1)N1C(=O)[C@@H]2C[C@H]1CN2C[C@H](N)C(=O)N1C2C[C@H]2C[C@H]1C#N. The molecule has 3 aliphatic heterocycles. The van der Waals surface area contributed by atoms with Gasteiger partial charge in [-0.25, -0.2) is 4.79 Å². The van der Waals surface area contributed by atoms with Crippen LogP contribution in [0.2, 0.25) is 0 Å². The first kappa shape index (κ1) is 20.9. The van der Waals surface area contributed by atoms with E-state index in [2.05, 4.69) is 6.07 Å². The van der Waals surface area contributed by atoms with Gasteiger partial charge in [0.1, 0.15) is 6.04 Å². The quantitative estimate of drug-likeness (QED) is 0.665. The Bertz CT molecular complexity index is 1000. The molecule has 1 unspecified atom stereocenters. The van der Waals surface area contributed by atoms with E-state index in [0.717, 1.165) is 18.4 Å². The van der Waals surface area contributed by atoms with Gasteiger partial charge in [-0.3, -0.25) is 14.5 Å².